The van der Waals surface area contributed by atoms with Crippen molar-refractivity contribution in [3.63, 3.8) is 0 Å². The van der Waals surface area contributed by atoms with Crippen molar-refractivity contribution in [2.45, 2.75) is 0 Å². The molecule has 0 saturated heterocycles. The molecule has 180 valence electrons. The van der Waals surface area contributed by atoms with Gasteiger partial charge in [0.15, 0.2) is 6.26 Å². The van der Waals surface area contributed by atoms with Gasteiger partial charge in [-0.15, -0.1) is 0 Å². The first-order valence-electron chi connectivity index (χ1n) is 5.97. The summed E-state index contributed by atoms with van der Waals surface area (Å²) < 4.78 is 36.5. The molecule has 0 amide bonds. The lowest BCUT2D eigenvalue weighted by Crippen LogP contribution is -2.06. The van der Waals surface area contributed by atoms with Crippen LogP contribution in [0.5, 0.6) is 0 Å². The SMILES string of the molecule is COCCOOOOOOOOOOOOOOOOOOO/C=C\OS(=O)(=O)O. The highest BCUT2D eigenvalue weighted by molar-refractivity contribution is 7.81. The maximum absolute atomic E-state index is 10.1. The molecule has 0 saturated carbocycles. The quantitative estimate of drug-likeness (QED) is 0.0547. The average Bonchev–Trinajstić information content (AvgIpc) is 2.70. The average molecular weight is 486 g/mol. The van der Waals surface area contributed by atoms with Gasteiger partial charge in [0.05, 0.1) is 6.61 Å². The number of methoxy groups -OCH3 is 1. The maximum atomic E-state index is 10.1. The van der Waals surface area contributed by atoms with Crippen molar-refractivity contribution in [2.24, 2.45) is 0 Å². The third-order valence-electron chi connectivity index (χ3n) is 1.19. The van der Waals surface area contributed by atoms with Gasteiger partial charge in [0, 0.05) is 52.5 Å². The van der Waals surface area contributed by atoms with E-state index in [0.29, 0.717) is 12.5 Å². The lowest BCUT2D eigenvalue weighted by Gasteiger charge is -2.00. The Hall–Kier alpha value is -1.51. The zero-order chi connectivity index (χ0) is 22.2. The van der Waals surface area contributed by atoms with E-state index < -0.39 is 10.4 Å². The van der Waals surface area contributed by atoms with Gasteiger partial charge in [-0.1, -0.05) is 0 Å². The van der Waals surface area contributed by atoms with Gasteiger partial charge < -0.3 is 13.8 Å². The fourth-order valence-corrected chi connectivity index (χ4v) is 0.681. The van der Waals surface area contributed by atoms with Crippen molar-refractivity contribution < 1.29 is 117 Å². The number of hydrogen-bond donors (Lipinski definition) is 1. The predicted molar refractivity (Wildman–Crippen MR) is 59.1 cm³/mol. The highest BCUT2D eigenvalue weighted by Crippen LogP contribution is 1.94. The molecule has 30 heavy (non-hydrogen) atoms. The van der Waals surface area contributed by atoms with Crippen LogP contribution in [-0.4, -0.2) is 33.3 Å². The van der Waals surface area contributed by atoms with Gasteiger partial charge in [-0.2, -0.15) is 8.42 Å². The van der Waals surface area contributed by atoms with Crippen LogP contribution in [0.25, 0.3) is 0 Å². The molecule has 0 aliphatic carbocycles. The summed E-state index contributed by atoms with van der Waals surface area (Å²) in [4.78, 5) is 8.17. The molecule has 0 aliphatic rings. The Morgan fingerprint density at radius 2 is 1.00 bits per heavy atom. The standard InChI is InChI=1S/C5H10O24S/c1-9-2-3-10-13-15-17-19-21-23-25-27-29-28-26-24-22-20-18-16-14-11-4-5-12-30(6,7)8/h4-5H,2-3H2,1H3,(H,6,7,8)/b5-4-. The molecule has 0 bridgehead atoms. The molecule has 0 aromatic heterocycles. The molecule has 0 fully saturated rings. The molecular weight excluding hydrogens is 476 g/mol. The Labute approximate surface area is 161 Å². The fraction of sp³-hybridized carbons (Fsp3) is 0.600. The van der Waals surface area contributed by atoms with Crippen LogP contribution in [-0.2, 0) is 115 Å². The lowest BCUT2D eigenvalue weighted by molar-refractivity contribution is -0.891. The number of hydrogen-bond acceptors (Lipinski definition) is 23. The van der Waals surface area contributed by atoms with E-state index >= 15 is 0 Å². The monoisotopic (exact) mass is 486 g/mol. The van der Waals surface area contributed by atoms with E-state index in [2.05, 4.69) is 104 Å². The topological polar surface area (TPSA) is 248 Å². The van der Waals surface area contributed by atoms with Gasteiger partial charge in [-0.05, 0) is 40.3 Å². The largest absolute Gasteiger partial charge is 0.446 e. The van der Waals surface area contributed by atoms with Crippen LogP contribution in [0, 0.1) is 0 Å². The van der Waals surface area contributed by atoms with Gasteiger partial charge in [0.1, 0.15) is 12.9 Å². The Balaban J connectivity index is 3.08. The molecule has 0 rings (SSSR count). The van der Waals surface area contributed by atoms with Crippen LogP contribution < -0.4 is 0 Å². The molecule has 25 heteroatoms. The van der Waals surface area contributed by atoms with Gasteiger partial charge in [-0.3, -0.25) is 4.55 Å². The van der Waals surface area contributed by atoms with Crippen molar-refractivity contribution in [1.29, 1.82) is 0 Å². The second-order valence-corrected chi connectivity index (χ2v) is 3.91. The summed E-state index contributed by atoms with van der Waals surface area (Å²) in [7, 11) is -3.27. The van der Waals surface area contributed by atoms with Crippen LogP contribution in [0.3, 0.4) is 0 Å². The number of rotatable bonds is 24. The summed E-state index contributed by atoms with van der Waals surface area (Å²) in [6, 6.07) is 0. The van der Waals surface area contributed by atoms with Crippen molar-refractivity contribution in [2.75, 3.05) is 20.3 Å². The minimum Gasteiger partial charge on any atom is -0.382 e. The zero-order valence-electron chi connectivity index (χ0n) is 13.8. The molecule has 0 unspecified atom stereocenters. The molecular formula is C5H10O24S. The highest BCUT2D eigenvalue weighted by atomic mass is 32.3. The summed E-state index contributed by atoms with van der Waals surface area (Å²) in [5.74, 6) is 0. The first-order valence-corrected chi connectivity index (χ1v) is 7.34. The maximum Gasteiger partial charge on any atom is 0.446 e. The Morgan fingerprint density at radius 1 is 0.600 bits per heavy atom. The van der Waals surface area contributed by atoms with Crippen LogP contribution in [0.4, 0.5) is 0 Å². The van der Waals surface area contributed by atoms with Gasteiger partial charge >= 0.3 is 10.4 Å². The molecule has 0 heterocycles. The minimum atomic E-state index is -4.70. The molecule has 0 aliphatic heterocycles. The summed E-state index contributed by atoms with van der Waals surface area (Å²) >= 11 is 0. The van der Waals surface area contributed by atoms with Crippen LogP contribution in [0.1, 0.15) is 0 Å². The van der Waals surface area contributed by atoms with Crippen LogP contribution in [0.2, 0.25) is 0 Å². The molecule has 0 atom stereocenters. The molecule has 24 nitrogen and oxygen atoms in total. The van der Waals surface area contributed by atoms with E-state index in [-0.39, 0.29) is 13.2 Å². The summed E-state index contributed by atoms with van der Waals surface area (Å²) in [5, 5.41) is 61.0. The molecule has 0 aromatic carbocycles. The van der Waals surface area contributed by atoms with Crippen molar-refractivity contribution in [3.8, 4) is 0 Å². The molecule has 0 radical (unpaired) electrons. The second kappa shape index (κ2) is 22.2. The third-order valence-corrected chi connectivity index (χ3v) is 1.55. The lowest BCUT2D eigenvalue weighted by atomic mass is 10.8. The van der Waals surface area contributed by atoms with E-state index in [0.717, 1.165) is 0 Å². The Bertz CT molecular complexity index is 462. The second-order valence-electron chi connectivity index (χ2n) is 2.86. The van der Waals surface area contributed by atoms with E-state index in [1.165, 1.54) is 7.11 Å². The van der Waals surface area contributed by atoms with E-state index in [4.69, 9.17) is 4.55 Å². The normalized spacial score (nSPS) is 11.9. The first-order chi connectivity index (χ1) is 14.6. The predicted octanol–water partition coefficient (Wildman–Crippen LogP) is -1.29. The molecule has 1 N–H and O–H groups in total. The van der Waals surface area contributed by atoms with E-state index in [1.807, 2.05) is 0 Å². The minimum absolute atomic E-state index is 0.0245. The Morgan fingerprint density at radius 3 is 1.40 bits per heavy atom. The number of ether oxygens (including phenoxy) is 1. The first kappa shape index (κ1) is 28.5. The van der Waals surface area contributed by atoms with Crippen molar-refractivity contribution >= 4 is 10.4 Å². The van der Waals surface area contributed by atoms with Crippen LogP contribution in [0.15, 0.2) is 12.5 Å². The van der Waals surface area contributed by atoms with Crippen LogP contribution >= 0.6 is 0 Å². The Kier molecular flexibility index (Phi) is 21.1. The molecule has 0 spiro atoms. The molecule has 0 aromatic rings. The van der Waals surface area contributed by atoms with E-state index in [1.54, 1.807) is 0 Å². The van der Waals surface area contributed by atoms with E-state index in [9.17, 15) is 8.42 Å². The summed E-state index contributed by atoms with van der Waals surface area (Å²) in [5.41, 5.74) is 0. The van der Waals surface area contributed by atoms with Crippen molar-refractivity contribution in [3.05, 3.63) is 12.5 Å². The third kappa shape index (κ3) is 26.5. The fourth-order valence-electron chi connectivity index (χ4n) is 0.495. The van der Waals surface area contributed by atoms with Gasteiger partial charge in [-0.25, -0.2) is 4.89 Å². The van der Waals surface area contributed by atoms with Crippen molar-refractivity contribution in [1.82, 2.24) is 0 Å². The highest BCUT2D eigenvalue weighted by Gasteiger charge is 2.01. The van der Waals surface area contributed by atoms with Gasteiger partial charge in [0.2, 0.25) is 0 Å². The van der Waals surface area contributed by atoms with Gasteiger partial charge in [0.25, 0.3) is 0 Å². The summed E-state index contributed by atoms with van der Waals surface area (Å²) in [6.45, 7) is 0.245. The summed E-state index contributed by atoms with van der Waals surface area (Å²) in [6.07, 6.45) is 0.793. The smallest absolute Gasteiger partial charge is 0.382 e. The zero-order valence-corrected chi connectivity index (χ0v) is 14.6.